The van der Waals surface area contributed by atoms with Gasteiger partial charge >= 0.3 is 0 Å². The summed E-state index contributed by atoms with van der Waals surface area (Å²) in [6, 6.07) is 24.1. The van der Waals surface area contributed by atoms with Gasteiger partial charge in [-0.15, -0.1) is 0 Å². The molecule has 0 aliphatic rings. The largest absolute Gasteiger partial charge is 0.321 e. The van der Waals surface area contributed by atoms with Crippen LogP contribution in [0.2, 0.25) is 0 Å². The number of halogens is 1. The molecule has 0 unspecified atom stereocenters. The van der Waals surface area contributed by atoms with Gasteiger partial charge in [0, 0.05) is 5.69 Å². The lowest BCUT2D eigenvalue weighted by atomic mass is 9.95. The van der Waals surface area contributed by atoms with Crippen LogP contribution in [0.5, 0.6) is 0 Å². The molecule has 6 nitrogen and oxygen atoms in total. The van der Waals surface area contributed by atoms with E-state index in [9.17, 15) is 19.2 Å². The number of hydrogen-bond acceptors (Lipinski definition) is 4. The van der Waals surface area contributed by atoms with Crippen molar-refractivity contribution in [2.45, 2.75) is 33.1 Å². The fourth-order valence-corrected chi connectivity index (χ4v) is 4.19. The standard InChI is InChI=1S/C31H27FN4O2/c1-3-4-9-21-10-7-12-23(18-21)34-30(37)27-14-8-15-28(35-27)31(38)36-29-20(2)24(16-17-26(29)32)25-13-6-5-11-22(25)19-33/h5-8,10-18H,3-4,9H2,1-2H3,(H,34,37)(H,36,38). The van der Waals surface area contributed by atoms with E-state index in [-0.39, 0.29) is 17.1 Å². The lowest BCUT2D eigenvalue weighted by Crippen LogP contribution is -2.19. The van der Waals surface area contributed by atoms with Crippen LogP contribution in [0.25, 0.3) is 11.1 Å². The predicted molar refractivity (Wildman–Crippen MR) is 146 cm³/mol. The average molecular weight is 507 g/mol. The van der Waals surface area contributed by atoms with Crippen molar-refractivity contribution < 1.29 is 14.0 Å². The van der Waals surface area contributed by atoms with Gasteiger partial charge in [0.2, 0.25) is 0 Å². The third-order valence-corrected chi connectivity index (χ3v) is 6.21. The summed E-state index contributed by atoms with van der Waals surface area (Å²) in [6.45, 7) is 3.80. The highest BCUT2D eigenvalue weighted by atomic mass is 19.1. The number of aryl methyl sites for hydroxylation is 1. The van der Waals surface area contributed by atoms with Crippen molar-refractivity contribution in [2.24, 2.45) is 0 Å². The summed E-state index contributed by atoms with van der Waals surface area (Å²) in [5.74, 6) is -1.73. The number of nitrogens with one attached hydrogen (secondary N) is 2. The second kappa shape index (κ2) is 11.9. The molecule has 0 saturated heterocycles. The minimum atomic E-state index is -0.658. The van der Waals surface area contributed by atoms with Gasteiger partial charge in [-0.25, -0.2) is 9.37 Å². The van der Waals surface area contributed by atoms with Crippen LogP contribution in [0.3, 0.4) is 0 Å². The molecule has 3 aromatic carbocycles. The topological polar surface area (TPSA) is 94.9 Å². The molecule has 0 aliphatic carbocycles. The second-order valence-electron chi connectivity index (χ2n) is 8.87. The fraction of sp³-hybridized carbons (Fsp3) is 0.161. The zero-order valence-corrected chi connectivity index (χ0v) is 21.2. The number of pyridine rings is 1. The Kier molecular flexibility index (Phi) is 8.24. The van der Waals surface area contributed by atoms with Gasteiger partial charge in [0.05, 0.1) is 17.3 Å². The minimum Gasteiger partial charge on any atom is -0.321 e. The molecule has 7 heteroatoms. The van der Waals surface area contributed by atoms with Crippen molar-refractivity contribution in [3.63, 3.8) is 0 Å². The van der Waals surface area contributed by atoms with Gasteiger partial charge in [-0.3, -0.25) is 9.59 Å². The van der Waals surface area contributed by atoms with Crippen LogP contribution in [0.4, 0.5) is 15.8 Å². The van der Waals surface area contributed by atoms with E-state index in [1.165, 1.54) is 18.2 Å². The van der Waals surface area contributed by atoms with Crippen LogP contribution in [-0.2, 0) is 6.42 Å². The summed E-state index contributed by atoms with van der Waals surface area (Å²) in [5, 5.41) is 14.9. The Bertz CT molecular complexity index is 1540. The molecule has 4 rings (SSSR count). The van der Waals surface area contributed by atoms with E-state index in [1.54, 1.807) is 49.4 Å². The number of hydrogen-bond donors (Lipinski definition) is 2. The maximum atomic E-state index is 14.8. The van der Waals surface area contributed by atoms with Gasteiger partial charge < -0.3 is 10.6 Å². The smallest absolute Gasteiger partial charge is 0.274 e. The summed E-state index contributed by atoms with van der Waals surface area (Å²) < 4.78 is 14.8. The fourth-order valence-electron chi connectivity index (χ4n) is 4.19. The number of rotatable bonds is 8. The molecule has 2 N–H and O–H groups in total. The normalized spacial score (nSPS) is 10.5. The van der Waals surface area contributed by atoms with Crippen LogP contribution in [0, 0.1) is 24.1 Å². The number of carbonyl (C=O) groups is 2. The van der Waals surface area contributed by atoms with E-state index in [1.807, 2.05) is 18.2 Å². The van der Waals surface area contributed by atoms with Gasteiger partial charge in [0.15, 0.2) is 0 Å². The molecule has 0 radical (unpaired) electrons. The minimum absolute atomic E-state index is 0.0132. The lowest BCUT2D eigenvalue weighted by molar-refractivity contribution is 0.101. The molecule has 0 saturated carbocycles. The molecule has 4 aromatic rings. The van der Waals surface area contributed by atoms with Crippen LogP contribution < -0.4 is 10.6 Å². The van der Waals surface area contributed by atoms with Gasteiger partial charge in [0.1, 0.15) is 17.2 Å². The summed E-state index contributed by atoms with van der Waals surface area (Å²) in [6.07, 6.45) is 3.06. The number of benzene rings is 3. The number of nitrogens with zero attached hydrogens (tertiary/aromatic N) is 2. The molecular weight excluding hydrogens is 479 g/mol. The molecule has 0 atom stereocenters. The summed E-state index contributed by atoms with van der Waals surface area (Å²) >= 11 is 0. The number of anilines is 2. The van der Waals surface area contributed by atoms with E-state index in [2.05, 4.69) is 28.6 Å². The van der Waals surface area contributed by atoms with Crippen molar-refractivity contribution >= 4 is 23.2 Å². The van der Waals surface area contributed by atoms with Crippen LogP contribution >= 0.6 is 0 Å². The van der Waals surface area contributed by atoms with Gasteiger partial charge in [-0.05, 0) is 78.4 Å². The molecule has 1 aromatic heterocycles. The highest BCUT2D eigenvalue weighted by Crippen LogP contribution is 2.32. The Hall–Kier alpha value is -4.83. The molecule has 0 aliphatic heterocycles. The molecule has 0 fully saturated rings. The second-order valence-corrected chi connectivity index (χ2v) is 8.87. The van der Waals surface area contributed by atoms with Gasteiger partial charge in [-0.1, -0.05) is 55.8 Å². The Morgan fingerprint density at radius 2 is 1.61 bits per heavy atom. The number of unbranched alkanes of at least 4 members (excludes halogenated alkanes) is 1. The number of amides is 2. The SMILES string of the molecule is CCCCc1cccc(NC(=O)c2cccc(C(=O)Nc3c(F)ccc(-c4ccccc4C#N)c3C)n2)c1. The Morgan fingerprint density at radius 3 is 2.34 bits per heavy atom. The van der Waals surface area contributed by atoms with Crippen molar-refractivity contribution in [3.05, 3.63) is 113 Å². The van der Waals surface area contributed by atoms with E-state index < -0.39 is 17.6 Å². The lowest BCUT2D eigenvalue weighted by Gasteiger charge is -2.15. The molecule has 2 amide bonds. The summed E-state index contributed by atoms with van der Waals surface area (Å²) in [5.41, 5.74) is 3.96. The Morgan fingerprint density at radius 1 is 0.895 bits per heavy atom. The van der Waals surface area contributed by atoms with Crippen LogP contribution in [0.1, 0.15) is 57.4 Å². The number of carbonyl (C=O) groups excluding carboxylic acids is 2. The van der Waals surface area contributed by atoms with Crippen molar-refractivity contribution in [3.8, 4) is 17.2 Å². The van der Waals surface area contributed by atoms with E-state index in [0.29, 0.717) is 27.9 Å². The maximum Gasteiger partial charge on any atom is 0.274 e. The zero-order chi connectivity index (χ0) is 27.1. The molecular formula is C31H27FN4O2. The van der Waals surface area contributed by atoms with E-state index >= 15 is 0 Å². The molecule has 38 heavy (non-hydrogen) atoms. The molecule has 0 spiro atoms. The third-order valence-electron chi connectivity index (χ3n) is 6.21. The van der Waals surface area contributed by atoms with E-state index in [0.717, 1.165) is 24.8 Å². The third kappa shape index (κ3) is 5.93. The highest BCUT2D eigenvalue weighted by Gasteiger charge is 2.18. The highest BCUT2D eigenvalue weighted by molar-refractivity contribution is 6.06. The summed E-state index contributed by atoms with van der Waals surface area (Å²) in [7, 11) is 0. The Labute approximate surface area is 221 Å². The Balaban J connectivity index is 1.55. The summed E-state index contributed by atoms with van der Waals surface area (Å²) in [4.78, 5) is 30.1. The van der Waals surface area contributed by atoms with Crippen molar-refractivity contribution in [1.82, 2.24) is 4.98 Å². The predicted octanol–water partition coefficient (Wildman–Crippen LogP) is 6.92. The van der Waals surface area contributed by atoms with Crippen molar-refractivity contribution in [2.75, 3.05) is 10.6 Å². The van der Waals surface area contributed by atoms with E-state index in [4.69, 9.17) is 0 Å². The maximum absolute atomic E-state index is 14.8. The van der Waals surface area contributed by atoms with Crippen LogP contribution in [-0.4, -0.2) is 16.8 Å². The first-order chi connectivity index (χ1) is 18.4. The van der Waals surface area contributed by atoms with Gasteiger partial charge in [-0.2, -0.15) is 5.26 Å². The quantitative estimate of drug-likeness (QED) is 0.271. The van der Waals surface area contributed by atoms with Gasteiger partial charge in [0.25, 0.3) is 11.8 Å². The molecule has 190 valence electrons. The van der Waals surface area contributed by atoms with Crippen molar-refractivity contribution in [1.29, 1.82) is 5.26 Å². The zero-order valence-electron chi connectivity index (χ0n) is 21.2. The first-order valence-electron chi connectivity index (χ1n) is 12.4. The molecule has 0 bridgehead atoms. The average Bonchev–Trinajstić information content (AvgIpc) is 2.94. The number of aromatic nitrogens is 1. The molecule has 1 heterocycles. The monoisotopic (exact) mass is 506 g/mol. The first-order valence-corrected chi connectivity index (χ1v) is 12.4. The number of nitriles is 1. The van der Waals surface area contributed by atoms with Crippen LogP contribution in [0.15, 0.2) is 78.9 Å². The first kappa shape index (κ1) is 26.2.